The minimum atomic E-state index is -3.32. The van der Waals surface area contributed by atoms with Crippen molar-refractivity contribution in [3.63, 3.8) is 0 Å². The Kier molecular flexibility index (Phi) is 3.08. The molecule has 15 heavy (non-hydrogen) atoms. The molecule has 0 radical (unpaired) electrons. The van der Waals surface area contributed by atoms with E-state index in [4.69, 9.17) is 4.18 Å². The van der Waals surface area contributed by atoms with Gasteiger partial charge in [-0.05, 0) is 50.9 Å². The molecule has 3 nitrogen and oxygen atoms in total. The van der Waals surface area contributed by atoms with Gasteiger partial charge in [0.05, 0.1) is 11.4 Å². The lowest BCUT2D eigenvalue weighted by atomic mass is 9.98. The predicted octanol–water partition coefficient (Wildman–Crippen LogP) is 2.32. The van der Waals surface area contributed by atoms with Gasteiger partial charge in [-0.15, -0.1) is 0 Å². The summed E-state index contributed by atoms with van der Waals surface area (Å²) < 4.78 is 28.9. The van der Waals surface area contributed by atoms with Gasteiger partial charge in [-0.25, -0.2) is 0 Å². The zero-order valence-electron chi connectivity index (χ0n) is 9.48. The van der Waals surface area contributed by atoms with Crippen molar-refractivity contribution in [3.05, 3.63) is 0 Å². The smallest absolute Gasteiger partial charge is 0.266 e. The van der Waals surface area contributed by atoms with Crippen molar-refractivity contribution in [1.29, 1.82) is 0 Å². The monoisotopic (exact) mass is 232 g/mol. The van der Waals surface area contributed by atoms with Crippen molar-refractivity contribution in [2.75, 3.05) is 0 Å². The SMILES string of the molecule is CCC(C)S(=O)(=O)OC1CC2CCC1C2. The quantitative estimate of drug-likeness (QED) is 0.699. The zero-order valence-corrected chi connectivity index (χ0v) is 10.3. The third-order valence-electron chi connectivity index (χ3n) is 4.00. The molecule has 0 heterocycles. The summed E-state index contributed by atoms with van der Waals surface area (Å²) in [6.07, 6.45) is 5.19. The number of fused-ring (bicyclic) bond motifs is 2. The Balaban J connectivity index is 1.98. The van der Waals surface area contributed by atoms with E-state index in [1.165, 1.54) is 12.8 Å². The highest BCUT2D eigenvalue weighted by atomic mass is 32.2. The highest BCUT2D eigenvalue weighted by Gasteiger charge is 2.42. The number of hydrogen-bond acceptors (Lipinski definition) is 3. The molecule has 0 aliphatic heterocycles. The van der Waals surface area contributed by atoms with Gasteiger partial charge in [-0.2, -0.15) is 8.42 Å². The molecule has 2 aliphatic carbocycles. The van der Waals surface area contributed by atoms with Crippen molar-refractivity contribution < 1.29 is 12.6 Å². The van der Waals surface area contributed by atoms with Crippen molar-refractivity contribution in [2.45, 2.75) is 57.3 Å². The van der Waals surface area contributed by atoms with Crippen LogP contribution in [0.4, 0.5) is 0 Å². The second-order valence-corrected chi connectivity index (χ2v) is 7.00. The lowest BCUT2D eigenvalue weighted by Gasteiger charge is -2.23. The molecule has 4 heteroatoms. The van der Waals surface area contributed by atoms with E-state index in [-0.39, 0.29) is 11.4 Å². The maximum absolute atomic E-state index is 11.8. The van der Waals surface area contributed by atoms with Gasteiger partial charge in [0.15, 0.2) is 0 Å². The van der Waals surface area contributed by atoms with Crippen LogP contribution in [0.2, 0.25) is 0 Å². The van der Waals surface area contributed by atoms with Crippen molar-refractivity contribution in [2.24, 2.45) is 11.8 Å². The van der Waals surface area contributed by atoms with Crippen LogP contribution in [0.25, 0.3) is 0 Å². The fourth-order valence-corrected chi connectivity index (χ4v) is 3.95. The molecule has 2 saturated carbocycles. The Bertz CT molecular complexity index is 323. The van der Waals surface area contributed by atoms with Gasteiger partial charge >= 0.3 is 0 Å². The maximum Gasteiger partial charge on any atom is 0.270 e. The highest BCUT2D eigenvalue weighted by Crippen LogP contribution is 2.46. The van der Waals surface area contributed by atoms with Gasteiger partial charge in [-0.3, -0.25) is 4.18 Å². The molecule has 0 aromatic carbocycles. The third-order valence-corrected chi connectivity index (χ3v) is 5.83. The second-order valence-electron chi connectivity index (χ2n) is 5.02. The van der Waals surface area contributed by atoms with E-state index < -0.39 is 10.1 Å². The summed E-state index contributed by atoms with van der Waals surface area (Å²) in [5.74, 6) is 1.24. The molecule has 0 aromatic heterocycles. The van der Waals surface area contributed by atoms with Gasteiger partial charge in [0.1, 0.15) is 0 Å². The molecular formula is C11H20O3S. The fourth-order valence-electron chi connectivity index (χ4n) is 2.78. The summed E-state index contributed by atoms with van der Waals surface area (Å²) in [7, 11) is -3.32. The Morgan fingerprint density at radius 3 is 2.53 bits per heavy atom. The van der Waals surface area contributed by atoms with Crippen LogP contribution >= 0.6 is 0 Å². The lowest BCUT2D eigenvalue weighted by Crippen LogP contribution is -2.29. The van der Waals surface area contributed by atoms with Crippen molar-refractivity contribution >= 4 is 10.1 Å². The van der Waals surface area contributed by atoms with E-state index in [9.17, 15) is 8.42 Å². The Hall–Kier alpha value is -0.0900. The predicted molar refractivity (Wildman–Crippen MR) is 59.0 cm³/mol. The van der Waals surface area contributed by atoms with Gasteiger partial charge in [0, 0.05) is 0 Å². The molecule has 0 saturated heterocycles. The van der Waals surface area contributed by atoms with Crippen LogP contribution in [-0.4, -0.2) is 19.8 Å². The molecule has 0 amide bonds. The molecule has 2 aliphatic rings. The largest absolute Gasteiger partial charge is 0.270 e. The first kappa shape index (κ1) is 11.4. The van der Waals surface area contributed by atoms with Crippen LogP contribution in [0.3, 0.4) is 0 Å². The molecule has 4 atom stereocenters. The van der Waals surface area contributed by atoms with Gasteiger partial charge in [0.2, 0.25) is 0 Å². The Morgan fingerprint density at radius 1 is 1.33 bits per heavy atom. The molecule has 0 N–H and O–H groups in total. The summed E-state index contributed by atoms with van der Waals surface area (Å²) in [6, 6.07) is 0. The summed E-state index contributed by atoms with van der Waals surface area (Å²) in [5, 5.41) is -0.364. The van der Waals surface area contributed by atoms with E-state index in [2.05, 4.69) is 0 Å². The average molecular weight is 232 g/mol. The van der Waals surface area contributed by atoms with Crippen LogP contribution in [0.15, 0.2) is 0 Å². The topological polar surface area (TPSA) is 43.4 Å². The molecule has 2 rings (SSSR count). The summed E-state index contributed by atoms with van der Waals surface area (Å²) in [4.78, 5) is 0. The van der Waals surface area contributed by atoms with Crippen LogP contribution < -0.4 is 0 Å². The van der Waals surface area contributed by atoms with Crippen LogP contribution in [0.1, 0.15) is 46.0 Å². The van der Waals surface area contributed by atoms with E-state index in [1.54, 1.807) is 6.92 Å². The molecule has 2 bridgehead atoms. The highest BCUT2D eigenvalue weighted by molar-refractivity contribution is 7.87. The minimum absolute atomic E-state index is 0.0113. The first-order valence-corrected chi connectivity index (χ1v) is 7.42. The third kappa shape index (κ3) is 2.21. The van der Waals surface area contributed by atoms with Crippen LogP contribution in [0, 0.1) is 11.8 Å². The van der Waals surface area contributed by atoms with Gasteiger partial charge in [-0.1, -0.05) is 6.92 Å². The lowest BCUT2D eigenvalue weighted by molar-refractivity contribution is 0.143. The number of rotatable bonds is 4. The van der Waals surface area contributed by atoms with E-state index >= 15 is 0 Å². The first-order valence-electron chi connectivity index (χ1n) is 5.95. The molecule has 0 spiro atoms. The summed E-state index contributed by atoms with van der Waals surface area (Å²) in [6.45, 7) is 3.61. The minimum Gasteiger partial charge on any atom is -0.266 e. The van der Waals surface area contributed by atoms with E-state index in [1.807, 2.05) is 6.92 Å². The first-order chi connectivity index (χ1) is 7.03. The standard InChI is InChI=1S/C11H20O3S/c1-3-8(2)15(12,13)14-11-7-9-4-5-10(11)6-9/h8-11H,3-7H2,1-2H3. The summed E-state index contributed by atoms with van der Waals surface area (Å²) >= 11 is 0. The van der Waals surface area contributed by atoms with Crippen LogP contribution in [0.5, 0.6) is 0 Å². The fraction of sp³-hybridized carbons (Fsp3) is 1.00. The van der Waals surface area contributed by atoms with Gasteiger partial charge in [0.25, 0.3) is 10.1 Å². The molecule has 2 fully saturated rings. The zero-order chi connectivity index (χ0) is 11.1. The Morgan fingerprint density at radius 2 is 2.07 bits per heavy atom. The molecule has 0 aromatic rings. The van der Waals surface area contributed by atoms with Crippen LogP contribution in [-0.2, 0) is 14.3 Å². The second kappa shape index (κ2) is 4.06. The van der Waals surface area contributed by atoms with Gasteiger partial charge < -0.3 is 0 Å². The average Bonchev–Trinajstić information content (AvgIpc) is 2.77. The van der Waals surface area contributed by atoms with Crippen molar-refractivity contribution in [3.8, 4) is 0 Å². The maximum atomic E-state index is 11.8. The molecule has 88 valence electrons. The Labute approximate surface area is 92.3 Å². The van der Waals surface area contributed by atoms with E-state index in [0.29, 0.717) is 12.3 Å². The normalized spacial score (nSPS) is 37.1. The molecular weight excluding hydrogens is 212 g/mol. The molecule has 4 unspecified atom stereocenters. The van der Waals surface area contributed by atoms with Crippen molar-refractivity contribution in [1.82, 2.24) is 0 Å². The number of hydrogen-bond donors (Lipinski definition) is 0. The van der Waals surface area contributed by atoms with E-state index in [0.717, 1.165) is 18.8 Å². The summed E-state index contributed by atoms with van der Waals surface area (Å²) in [5.41, 5.74) is 0.